The van der Waals surface area contributed by atoms with Gasteiger partial charge in [-0.05, 0) is 36.8 Å². The SMILES string of the molecule is CN=C(NCCOc1ccc(C)cc1)NCc1cccc(OCC(N)=O)c1. The average molecular weight is 370 g/mol. The molecular formula is C20H26N4O3. The summed E-state index contributed by atoms with van der Waals surface area (Å²) in [4.78, 5) is 15.0. The molecule has 0 bridgehead atoms. The van der Waals surface area contributed by atoms with Crippen LogP contribution in [0.25, 0.3) is 0 Å². The second-order valence-corrected chi connectivity index (χ2v) is 5.92. The number of hydrogen-bond acceptors (Lipinski definition) is 4. The number of hydrogen-bond donors (Lipinski definition) is 3. The summed E-state index contributed by atoms with van der Waals surface area (Å²) >= 11 is 0. The molecule has 2 aromatic carbocycles. The Balaban J connectivity index is 1.72. The highest BCUT2D eigenvalue weighted by molar-refractivity contribution is 5.79. The van der Waals surface area contributed by atoms with E-state index in [2.05, 4.69) is 15.6 Å². The molecule has 7 heteroatoms. The first-order chi connectivity index (χ1) is 13.1. The van der Waals surface area contributed by atoms with Crippen molar-refractivity contribution < 1.29 is 14.3 Å². The van der Waals surface area contributed by atoms with E-state index < -0.39 is 5.91 Å². The van der Waals surface area contributed by atoms with Gasteiger partial charge in [0.2, 0.25) is 0 Å². The molecule has 2 rings (SSSR count). The summed E-state index contributed by atoms with van der Waals surface area (Å²) in [6, 6.07) is 15.4. The van der Waals surface area contributed by atoms with Gasteiger partial charge < -0.3 is 25.8 Å². The molecule has 0 aliphatic rings. The Morgan fingerprint density at radius 2 is 1.85 bits per heavy atom. The number of nitrogens with one attached hydrogen (secondary N) is 2. The van der Waals surface area contributed by atoms with Crippen LogP contribution in [0.3, 0.4) is 0 Å². The molecule has 0 atom stereocenters. The Bertz CT molecular complexity index is 760. The minimum absolute atomic E-state index is 0.138. The number of nitrogens with zero attached hydrogens (tertiary/aromatic N) is 1. The number of ether oxygens (including phenoxy) is 2. The Morgan fingerprint density at radius 3 is 2.56 bits per heavy atom. The van der Waals surface area contributed by atoms with Crippen LogP contribution in [0.1, 0.15) is 11.1 Å². The number of benzene rings is 2. The maximum absolute atomic E-state index is 10.8. The first-order valence-electron chi connectivity index (χ1n) is 8.71. The van der Waals surface area contributed by atoms with Crippen LogP contribution in [0.5, 0.6) is 11.5 Å². The van der Waals surface area contributed by atoms with Crippen molar-refractivity contribution >= 4 is 11.9 Å². The van der Waals surface area contributed by atoms with Crippen molar-refractivity contribution in [2.45, 2.75) is 13.5 Å². The molecule has 0 aromatic heterocycles. The Morgan fingerprint density at radius 1 is 1.07 bits per heavy atom. The number of carbonyl (C=O) groups is 1. The first kappa shape index (κ1) is 20.1. The van der Waals surface area contributed by atoms with Crippen molar-refractivity contribution in [3.05, 3.63) is 59.7 Å². The van der Waals surface area contributed by atoms with Crippen LogP contribution in [0.2, 0.25) is 0 Å². The molecule has 0 saturated carbocycles. The predicted molar refractivity (Wildman–Crippen MR) is 106 cm³/mol. The summed E-state index contributed by atoms with van der Waals surface area (Å²) < 4.78 is 11.0. The van der Waals surface area contributed by atoms with E-state index in [0.717, 1.165) is 11.3 Å². The summed E-state index contributed by atoms with van der Waals surface area (Å²) in [6.07, 6.45) is 0. The quantitative estimate of drug-likeness (QED) is 0.354. The molecule has 0 unspecified atom stereocenters. The monoisotopic (exact) mass is 370 g/mol. The predicted octanol–water partition coefficient (Wildman–Crippen LogP) is 1.60. The normalized spacial score (nSPS) is 11.0. The van der Waals surface area contributed by atoms with Gasteiger partial charge in [0.05, 0.1) is 6.54 Å². The van der Waals surface area contributed by atoms with E-state index in [9.17, 15) is 4.79 Å². The number of aryl methyl sites for hydroxylation is 1. The fourth-order valence-corrected chi connectivity index (χ4v) is 2.28. The van der Waals surface area contributed by atoms with Gasteiger partial charge in [-0.2, -0.15) is 0 Å². The molecule has 0 saturated heterocycles. The van der Waals surface area contributed by atoms with Gasteiger partial charge in [-0.3, -0.25) is 9.79 Å². The van der Waals surface area contributed by atoms with E-state index in [4.69, 9.17) is 15.2 Å². The first-order valence-corrected chi connectivity index (χ1v) is 8.71. The minimum atomic E-state index is -0.504. The summed E-state index contributed by atoms with van der Waals surface area (Å²) in [7, 11) is 1.71. The zero-order valence-corrected chi connectivity index (χ0v) is 15.7. The fraction of sp³-hybridized carbons (Fsp3) is 0.300. The number of nitrogens with two attached hydrogens (primary N) is 1. The van der Waals surface area contributed by atoms with Crippen molar-refractivity contribution in [3.8, 4) is 11.5 Å². The number of primary amides is 1. The third-order valence-electron chi connectivity index (χ3n) is 3.65. The van der Waals surface area contributed by atoms with E-state index in [-0.39, 0.29) is 6.61 Å². The lowest BCUT2D eigenvalue weighted by Gasteiger charge is -2.13. The van der Waals surface area contributed by atoms with Crippen molar-refractivity contribution in [1.29, 1.82) is 0 Å². The van der Waals surface area contributed by atoms with Crippen LogP contribution in [-0.4, -0.2) is 38.7 Å². The van der Waals surface area contributed by atoms with E-state index in [1.165, 1.54) is 5.56 Å². The Kier molecular flexibility index (Phi) is 7.96. The molecule has 0 heterocycles. The molecule has 7 nitrogen and oxygen atoms in total. The van der Waals surface area contributed by atoms with Gasteiger partial charge in [0.1, 0.15) is 18.1 Å². The van der Waals surface area contributed by atoms with Crippen molar-refractivity contribution in [1.82, 2.24) is 10.6 Å². The highest BCUT2D eigenvalue weighted by atomic mass is 16.5. The molecule has 27 heavy (non-hydrogen) atoms. The van der Waals surface area contributed by atoms with Crippen molar-refractivity contribution in [2.75, 3.05) is 26.8 Å². The molecule has 1 amide bonds. The standard InChI is InChI=1S/C20H26N4O3/c1-15-6-8-17(9-7-15)26-11-10-23-20(22-2)24-13-16-4-3-5-18(12-16)27-14-19(21)25/h3-9,12H,10-11,13-14H2,1-2H3,(H2,21,25)(H2,22,23,24). The molecule has 0 spiro atoms. The van der Waals surface area contributed by atoms with Crippen LogP contribution >= 0.6 is 0 Å². The molecule has 2 aromatic rings. The van der Waals surface area contributed by atoms with Crippen molar-refractivity contribution in [3.63, 3.8) is 0 Å². The smallest absolute Gasteiger partial charge is 0.255 e. The summed E-state index contributed by atoms with van der Waals surface area (Å²) in [6.45, 7) is 3.61. The van der Waals surface area contributed by atoms with Gasteiger partial charge in [-0.15, -0.1) is 0 Å². The van der Waals surface area contributed by atoms with Gasteiger partial charge in [0.15, 0.2) is 12.6 Å². The fourth-order valence-electron chi connectivity index (χ4n) is 2.28. The van der Waals surface area contributed by atoms with E-state index in [0.29, 0.717) is 31.4 Å². The molecule has 0 aliphatic carbocycles. The molecule has 0 aliphatic heterocycles. The third-order valence-corrected chi connectivity index (χ3v) is 3.65. The minimum Gasteiger partial charge on any atom is -0.492 e. The largest absolute Gasteiger partial charge is 0.492 e. The lowest BCUT2D eigenvalue weighted by atomic mass is 10.2. The zero-order chi connectivity index (χ0) is 19.5. The van der Waals surface area contributed by atoms with Gasteiger partial charge in [0, 0.05) is 13.6 Å². The second-order valence-electron chi connectivity index (χ2n) is 5.92. The van der Waals surface area contributed by atoms with E-state index in [1.54, 1.807) is 13.1 Å². The zero-order valence-electron chi connectivity index (χ0n) is 15.7. The lowest BCUT2D eigenvalue weighted by molar-refractivity contribution is -0.119. The average Bonchev–Trinajstić information content (AvgIpc) is 2.67. The number of guanidine groups is 1. The number of aliphatic imine (C=N–C) groups is 1. The molecule has 144 valence electrons. The van der Waals surface area contributed by atoms with Gasteiger partial charge in [-0.1, -0.05) is 29.8 Å². The van der Waals surface area contributed by atoms with Crippen LogP contribution in [0.15, 0.2) is 53.5 Å². The van der Waals surface area contributed by atoms with Crippen LogP contribution in [0, 0.1) is 6.92 Å². The topological polar surface area (TPSA) is 98.0 Å². The van der Waals surface area contributed by atoms with Gasteiger partial charge >= 0.3 is 0 Å². The summed E-state index contributed by atoms with van der Waals surface area (Å²) in [5.41, 5.74) is 7.28. The van der Waals surface area contributed by atoms with Crippen LogP contribution in [-0.2, 0) is 11.3 Å². The molecule has 0 radical (unpaired) electrons. The maximum atomic E-state index is 10.8. The van der Waals surface area contributed by atoms with Gasteiger partial charge in [0.25, 0.3) is 5.91 Å². The highest BCUT2D eigenvalue weighted by Crippen LogP contribution is 2.13. The van der Waals surface area contributed by atoms with E-state index in [1.807, 2.05) is 49.4 Å². The number of rotatable bonds is 9. The van der Waals surface area contributed by atoms with Gasteiger partial charge in [-0.25, -0.2) is 0 Å². The molecular weight excluding hydrogens is 344 g/mol. The van der Waals surface area contributed by atoms with Crippen LogP contribution in [0.4, 0.5) is 0 Å². The Hall–Kier alpha value is -3.22. The van der Waals surface area contributed by atoms with E-state index >= 15 is 0 Å². The highest BCUT2D eigenvalue weighted by Gasteiger charge is 2.02. The Labute approximate surface area is 159 Å². The second kappa shape index (κ2) is 10.7. The van der Waals surface area contributed by atoms with Crippen molar-refractivity contribution in [2.24, 2.45) is 10.7 Å². The maximum Gasteiger partial charge on any atom is 0.255 e. The molecule has 4 N–H and O–H groups in total. The third kappa shape index (κ3) is 7.68. The molecule has 0 fully saturated rings. The number of carbonyl (C=O) groups excluding carboxylic acids is 1. The summed E-state index contributed by atoms with van der Waals surface area (Å²) in [5, 5.41) is 6.42. The number of amides is 1. The van der Waals surface area contributed by atoms with Crippen LogP contribution < -0.4 is 25.8 Å². The lowest BCUT2D eigenvalue weighted by Crippen LogP contribution is -2.38. The summed E-state index contributed by atoms with van der Waals surface area (Å²) in [5.74, 6) is 1.61.